The van der Waals surface area contributed by atoms with Crippen LogP contribution in [0, 0.1) is 6.92 Å². The molecule has 1 amide bonds. The lowest BCUT2D eigenvalue weighted by atomic mass is 10.0. The molecule has 0 bridgehead atoms. The van der Waals surface area contributed by atoms with Gasteiger partial charge in [0.2, 0.25) is 5.91 Å². The van der Waals surface area contributed by atoms with Crippen LogP contribution in [0.25, 0.3) is 0 Å². The van der Waals surface area contributed by atoms with Gasteiger partial charge in [-0.3, -0.25) is 14.6 Å². The number of benzene rings is 3. The molecule has 0 spiro atoms. The standard InChI is InChI=1S/C27H31N3O2/c1-21-13-14-25(32-2)24(19-21)28-27(31)26(23-11-7-4-8-12-23)30-17-15-29(16-18-30)20-22-9-5-3-6-10-22/h3-14,19,26H,15-18,20H2,1-2H3,(H,28,31)/t26-/m1/s1. The van der Waals surface area contributed by atoms with Crippen molar-refractivity contribution < 1.29 is 9.53 Å². The van der Waals surface area contributed by atoms with Crippen LogP contribution in [0.1, 0.15) is 22.7 Å². The molecule has 1 saturated heterocycles. The predicted molar refractivity (Wildman–Crippen MR) is 129 cm³/mol. The Balaban J connectivity index is 1.49. The summed E-state index contributed by atoms with van der Waals surface area (Å²) in [7, 11) is 1.63. The van der Waals surface area contributed by atoms with Gasteiger partial charge in [-0.25, -0.2) is 0 Å². The highest BCUT2D eigenvalue weighted by molar-refractivity contribution is 5.96. The maximum absolute atomic E-state index is 13.5. The summed E-state index contributed by atoms with van der Waals surface area (Å²) in [4.78, 5) is 18.3. The van der Waals surface area contributed by atoms with Gasteiger partial charge < -0.3 is 10.1 Å². The fourth-order valence-corrected chi connectivity index (χ4v) is 4.31. The summed E-state index contributed by atoms with van der Waals surface area (Å²) in [5.74, 6) is 0.639. The molecule has 5 nitrogen and oxygen atoms in total. The number of carbonyl (C=O) groups excluding carboxylic acids is 1. The zero-order valence-electron chi connectivity index (χ0n) is 18.8. The molecular formula is C27H31N3O2. The largest absolute Gasteiger partial charge is 0.495 e. The first kappa shape index (κ1) is 22.1. The van der Waals surface area contributed by atoms with Crippen LogP contribution in [0.5, 0.6) is 5.75 Å². The van der Waals surface area contributed by atoms with Crippen LogP contribution in [0.4, 0.5) is 5.69 Å². The lowest BCUT2D eigenvalue weighted by molar-refractivity contribution is -0.122. The number of aryl methyl sites for hydroxylation is 1. The number of nitrogens with one attached hydrogen (secondary N) is 1. The van der Waals surface area contributed by atoms with Crippen LogP contribution in [-0.4, -0.2) is 49.0 Å². The number of carbonyl (C=O) groups is 1. The van der Waals surface area contributed by atoms with Crippen molar-refractivity contribution in [2.24, 2.45) is 0 Å². The van der Waals surface area contributed by atoms with Crippen LogP contribution in [-0.2, 0) is 11.3 Å². The van der Waals surface area contributed by atoms with Crippen LogP contribution in [0.15, 0.2) is 78.9 Å². The van der Waals surface area contributed by atoms with Crippen molar-refractivity contribution in [3.63, 3.8) is 0 Å². The third kappa shape index (κ3) is 5.36. The summed E-state index contributed by atoms with van der Waals surface area (Å²) in [6.07, 6.45) is 0. The molecule has 32 heavy (non-hydrogen) atoms. The van der Waals surface area contributed by atoms with Gasteiger partial charge in [0.1, 0.15) is 11.8 Å². The molecule has 5 heteroatoms. The van der Waals surface area contributed by atoms with E-state index in [9.17, 15) is 4.79 Å². The number of piperazine rings is 1. The molecule has 1 N–H and O–H groups in total. The van der Waals surface area contributed by atoms with Crippen LogP contribution in [0.2, 0.25) is 0 Å². The summed E-state index contributed by atoms with van der Waals surface area (Å²) in [5, 5.41) is 3.13. The second-order valence-corrected chi connectivity index (χ2v) is 8.30. The Hall–Kier alpha value is -3.15. The summed E-state index contributed by atoms with van der Waals surface area (Å²) < 4.78 is 5.47. The molecule has 0 unspecified atom stereocenters. The number of hydrogen-bond donors (Lipinski definition) is 1. The minimum atomic E-state index is -0.347. The first-order valence-corrected chi connectivity index (χ1v) is 11.1. The van der Waals surface area contributed by atoms with E-state index in [1.54, 1.807) is 7.11 Å². The maximum Gasteiger partial charge on any atom is 0.246 e. The fourth-order valence-electron chi connectivity index (χ4n) is 4.31. The van der Waals surface area contributed by atoms with Gasteiger partial charge in [0.25, 0.3) is 0 Å². The van der Waals surface area contributed by atoms with Crippen molar-refractivity contribution in [2.75, 3.05) is 38.6 Å². The molecule has 1 fully saturated rings. The number of amides is 1. The molecule has 0 saturated carbocycles. The zero-order valence-corrected chi connectivity index (χ0v) is 18.8. The smallest absolute Gasteiger partial charge is 0.246 e. The van der Waals surface area contributed by atoms with Gasteiger partial charge in [0, 0.05) is 32.7 Å². The summed E-state index contributed by atoms with van der Waals surface area (Å²) in [6, 6.07) is 26.1. The molecule has 1 aliphatic rings. The molecule has 3 aromatic rings. The topological polar surface area (TPSA) is 44.8 Å². The Kier molecular flexibility index (Phi) is 7.20. The molecule has 166 valence electrons. The molecular weight excluding hydrogens is 398 g/mol. The van der Waals surface area contributed by atoms with Crippen molar-refractivity contribution in [1.29, 1.82) is 0 Å². The molecule has 1 heterocycles. The average molecular weight is 430 g/mol. The third-order valence-electron chi connectivity index (χ3n) is 6.00. The molecule has 1 atom stereocenters. The molecule has 0 aromatic heterocycles. The Morgan fingerprint density at radius 1 is 0.938 bits per heavy atom. The second kappa shape index (κ2) is 10.4. The Morgan fingerprint density at radius 3 is 2.25 bits per heavy atom. The number of methoxy groups -OCH3 is 1. The predicted octanol–water partition coefficient (Wildman–Crippen LogP) is 4.50. The van der Waals surface area contributed by atoms with E-state index in [2.05, 4.69) is 39.4 Å². The monoisotopic (exact) mass is 429 g/mol. The van der Waals surface area contributed by atoms with Gasteiger partial charge in [-0.2, -0.15) is 0 Å². The van der Waals surface area contributed by atoms with Crippen molar-refractivity contribution in [1.82, 2.24) is 9.80 Å². The highest BCUT2D eigenvalue weighted by Crippen LogP contribution is 2.29. The Labute approximate surface area is 190 Å². The normalized spacial score (nSPS) is 15.8. The van der Waals surface area contributed by atoms with E-state index in [0.29, 0.717) is 11.4 Å². The average Bonchev–Trinajstić information content (AvgIpc) is 2.82. The van der Waals surface area contributed by atoms with E-state index in [1.807, 2.05) is 61.5 Å². The lowest BCUT2D eigenvalue weighted by Crippen LogP contribution is -2.49. The number of ether oxygens (including phenoxy) is 1. The molecule has 0 radical (unpaired) electrons. The second-order valence-electron chi connectivity index (χ2n) is 8.30. The van der Waals surface area contributed by atoms with E-state index >= 15 is 0 Å². The van der Waals surface area contributed by atoms with Crippen LogP contribution < -0.4 is 10.1 Å². The van der Waals surface area contributed by atoms with E-state index in [0.717, 1.165) is 43.9 Å². The summed E-state index contributed by atoms with van der Waals surface area (Å²) in [5.41, 5.74) is 4.12. The van der Waals surface area contributed by atoms with E-state index in [4.69, 9.17) is 4.74 Å². The van der Waals surface area contributed by atoms with Gasteiger partial charge in [0.15, 0.2) is 0 Å². The number of hydrogen-bond acceptors (Lipinski definition) is 4. The quantitative estimate of drug-likeness (QED) is 0.601. The molecule has 3 aromatic carbocycles. The number of nitrogens with zero attached hydrogens (tertiary/aromatic N) is 2. The minimum absolute atomic E-state index is 0.0309. The van der Waals surface area contributed by atoms with Gasteiger partial charge in [-0.15, -0.1) is 0 Å². The van der Waals surface area contributed by atoms with E-state index < -0.39 is 0 Å². The SMILES string of the molecule is COc1ccc(C)cc1NC(=O)[C@@H](c1ccccc1)N1CCN(Cc2ccccc2)CC1. The van der Waals surface area contributed by atoms with Crippen LogP contribution in [0.3, 0.4) is 0 Å². The number of rotatable bonds is 7. The van der Waals surface area contributed by atoms with E-state index in [1.165, 1.54) is 5.56 Å². The highest BCUT2D eigenvalue weighted by atomic mass is 16.5. The zero-order chi connectivity index (χ0) is 22.3. The number of anilines is 1. The summed E-state index contributed by atoms with van der Waals surface area (Å²) in [6.45, 7) is 6.49. The van der Waals surface area contributed by atoms with Crippen LogP contribution >= 0.6 is 0 Å². The Morgan fingerprint density at radius 2 is 1.59 bits per heavy atom. The third-order valence-corrected chi connectivity index (χ3v) is 6.00. The van der Waals surface area contributed by atoms with Crippen molar-refractivity contribution >= 4 is 11.6 Å². The summed E-state index contributed by atoms with van der Waals surface area (Å²) >= 11 is 0. The lowest BCUT2D eigenvalue weighted by Gasteiger charge is -2.39. The van der Waals surface area contributed by atoms with Gasteiger partial charge >= 0.3 is 0 Å². The fraction of sp³-hybridized carbons (Fsp3) is 0.296. The first-order chi connectivity index (χ1) is 15.6. The van der Waals surface area contributed by atoms with Gasteiger partial charge in [-0.05, 0) is 35.7 Å². The van der Waals surface area contributed by atoms with Crippen molar-refractivity contribution in [2.45, 2.75) is 19.5 Å². The Bertz CT molecular complexity index is 1020. The molecule has 4 rings (SSSR count). The van der Waals surface area contributed by atoms with Crippen molar-refractivity contribution in [3.8, 4) is 5.75 Å². The molecule has 1 aliphatic heterocycles. The maximum atomic E-state index is 13.5. The van der Waals surface area contributed by atoms with Crippen molar-refractivity contribution in [3.05, 3.63) is 95.6 Å². The first-order valence-electron chi connectivity index (χ1n) is 11.1. The van der Waals surface area contributed by atoms with Gasteiger partial charge in [-0.1, -0.05) is 66.7 Å². The van der Waals surface area contributed by atoms with E-state index in [-0.39, 0.29) is 11.9 Å². The minimum Gasteiger partial charge on any atom is -0.495 e. The molecule has 0 aliphatic carbocycles. The van der Waals surface area contributed by atoms with Gasteiger partial charge in [0.05, 0.1) is 12.8 Å². The highest BCUT2D eigenvalue weighted by Gasteiger charge is 2.31.